The van der Waals surface area contributed by atoms with Crippen molar-refractivity contribution in [2.45, 2.75) is 26.7 Å². The van der Waals surface area contributed by atoms with Crippen LogP contribution < -0.4 is 0 Å². The summed E-state index contributed by atoms with van der Waals surface area (Å²) in [5, 5.41) is 0. The van der Waals surface area contributed by atoms with Gasteiger partial charge in [-0.2, -0.15) is 0 Å². The first-order valence-electron chi connectivity index (χ1n) is 3.36. The minimum atomic E-state index is 0. The van der Waals surface area contributed by atoms with Gasteiger partial charge in [0.1, 0.15) is 0 Å². The third-order valence-electron chi connectivity index (χ3n) is 1.87. The fraction of sp³-hybridized carbons (Fsp3) is 0.500. The molecule has 0 spiro atoms. The van der Waals surface area contributed by atoms with Gasteiger partial charge in [-0.15, -0.1) is 24.8 Å². The first-order valence-corrected chi connectivity index (χ1v) is 5.16. The van der Waals surface area contributed by atoms with E-state index in [1.165, 1.54) is 37.2 Å². The molecule has 1 aliphatic carbocycles. The van der Waals surface area contributed by atoms with Crippen molar-refractivity contribution in [3.05, 3.63) is 20.6 Å². The van der Waals surface area contributed by atoms with Gasteiger partial charge in [-0.3, -0.25) is 0 Å². The third-order valence-corrected chi connectivity index (χ3v) is 3.95. The van der Waals surface area contributed by atoms with Crippen LogP contribution in [0.2, 0.25) is 0 Å². The van der Waals surface area contributed by atoms with Crippen LogP contribution in [0.4, 0.5) is 0 Å². The van der Waals surface area contributed by atoms with E-state index < -0.39 is 0 Å². The normalized spacial score (nSPS) is 15.2. The largest absolute Gasteiger partial charge is 0.147 e. The van der Waals surface area contributed by atoms with Crippen LogP contribution in [0.15, 0.2) is 20.6 Å². The molecule has 0 amide bonds. The second-order valence-corrected chi connectivity index (χ2v) is 4.56. The van der Waals surface area contributed by atoms with E-state index in [0.717, 1.165) is 0 Å². The number of allylic oxidation sites excluding steroid dienone is 4. The molecule has 0 saturated carbocycles. The van der Waals surface area contributed by atoms with Crippen LogP contribution in [0.3, 0.4) is 0 Å². The van der Waals surface area contributed by atoms with E-state index in [1.54, 1.807) is 14.5 Å². The van der Waals surface area contributed by atoms with E-state index in [-0.39, 0.29) is 24.8 Å². The number of halogens is 2. The van der Waals surface area contributed by atoms with Crippen LogP contribution in [-0.4, -0.2) is 0 Å². The Kier molecular flexibility index (Phi) is 8.47. The maximum Gasteiger partial charge on any atom is -0.147 e. The van der Waals surface area contributed by atoms with Gasteiger partial charge in [0.15, 0.2) is 0 Å². The molecular formula is C8H13Cl2Hf. The van der Waals surface area contributed by atoms with Gasteiger partial charge < -0.3 is 0 Å². The summed E-state index contributed by atoms with van der Waals surface area (Å²) in [5.41, 5.74) is 3.17. The molecule has 0 aromatic rings. The van der Waals surface area contributed by atoms with Crippen molar-refractivity contribution >= 4 is 24.8 Å². The molecule has 0 bridgehead atoms. The average molecular weight is 359 g/mol. The van der Waals surface area contributed by atoms with Crippen molar-refractivity contribution < 1.29 is 24.4 Å². The molecule has 1 aliphatic rings. The molecule has 0 nitrogen and oxygen atoms in total. The van der Waals surface area contributed by atoms with E-state index in [1.807, 2.05) is 0 Å². The Balaban J connectivity index is 0. The Morgan fingerprint density at radius 1 is 1.45 bits per heavy atom. The molecule has 0 unspecified atom stereocenters. The Morgan fingerprint density at radius 2 is 2.00 bits per heavy atom. The van der Waals surface area contributed by atoms with Gasteiger partial charge in [-0.1, -0.05) is 0 Å². The van der Waals surface area contributed by atoms with Gasteiger partial charge in [-0.05, 0) is 0 Å². The molecular weight excluding hydrogens is 345 g/mol. The van der Waals surface area contributed by atoms with Crippen molar-refractivity contribution in [2.24, 2.45) is 0 Å². The zero-order chi connectivity index (χ0) is 6.85. The smallest absolute Gasteiger partial charge is 0.147 e. The predicted octanol–water partition coefficient (Wildman–Crippen LogP) is 3.39. The van der Waals surface area contributed by atoms with Gasteiger partial charge in [0, 0.05) is 0 Å². The van der Waals surface area contributed by atoms with Gasteiger partial charge in [0.05, 0.1) is 0 Å². The summed E-state index contributed by atoms with van der Waals surface area (Å²) in [6.45, 7) is 4.49. The zero-order valence-corrected chi connectivity index (χ0v) is 12.0. The summed E-state index contributed by atoms with van der Waals surface area (Å²) in [7, 11) is 0. The zero-order valence-electron chi connectivity index (χ0n) is 6.81. The van der Waals surface area contributed by atoms with Gasteiger partial charge in [-0.25, -0.2) is 0 Å². The number of hydrogen-bond acceptors (Lipinski definition) is 0. The molecule has 0 radical (unpaired) electrons. The predicted molar refractivity (Wildman–Crippen MR) is 50.2 cm³/mol. The van der Waals surface area contributed by atoms with Crippen molar-refractivity contribution in [1.29, 1.82) is 0 Å². The average Bonchev–Trinajstić information content (AvgIpc) is 2.15. The Morgan fingerprint density at radius 3 is 2.18 bits per heavy atom. The van der Waals surface area contributed by atoms with Gasteiger partial charge in [0.2, 0.25) is 0 Å². The summed E-state index contributed by atoms with van der Waals surface area (Å²) < 4.78 is 1.69. The number of hydrogen-bond donors (Lipinski definition) is 0. The molecule has 0 aliphatic heterocycles. The summed E-state index contributed by atoms with van der Waals surface area (Å²) in [5.74, 6) is 0. The standard InChI is InChI=1S/C8H11.2ClH.Hf/c1-3-8-6-4-5-7(8)2;;;/h6H,3-4H2,1-2H3;2*1H;. The van der Waals surface area contributed by atoms with Crippen molar-refractivity contribution in [3.63, 3.8) is 0 Å². The van der Waals surface area contributed by atoms with Gasteiger partial charge >= 0.3 is 71.6 Å². The first kappa shape index (κ1) is 14.5. The number of rotatable bonds is 1. The van der Waals surface area contributed by atoms with E-state index in [9.17, 15) is 0 Å². The third kappa shape index (κ3) is 3.43. The minimum absolute atomic E-state index is 0. The molecule has 3 heteroatoms. The van der Waals surface area contributed by atoms with E-state index >= 15 is 0 Å². The second kappa shape index (κ2) is 6.45. The quantitative estimate of drug-likeness (QED) is 0.630. The SMILES string of the molecule is CCC1=CC[C]([Hf])=C1C.Cl.Cl. The molecule has 0 aromatic carbocycles. The topological polar surface area (TPSA) is 0 Å². The molecule has 11 heavy (non-hydrogen) atoms. The molecule has 0 N–H and O–H groups in total. The minimum Gasteiger partial charge on any atom is -0.147 e. The molecule has 0 atom stereocenters. The van der Waals surface area contributed by atoms with Crippen LogP contribution in [0, 0.1) is 0 Å². The maximum absolute atomic E-state index is 2.37. The molecule has 63 valence electrons. The first-order chi connectivity index (χ1) is 4.25. The van der Waals surface area contributed by atoms with Crippen LogP contribution in [0.1, 0.15) is 26.7 Å². The van der Waals surface area contributed by atoms with Gasteiger partial charge in [0.25, 0.3) is 0 Å². The molecule has 0 aromatic heterocycles. The Labute approximate surface area is 95.9 Å². The van der Waals surface area contributed by atoms with Crippen molar-refractivity contribution in [3.8, 4) is 0 Å². The maximum atomic E-state index is 2.37. The van der Waals surface area contributed by atoms with E-state index in [4.69, 9.17) is 0 Å². The Bertz CT molecular complexity index is 183. The molecule has 0 heterocycles. The summed E-state index contributed by atoms with van der Waals surface area (Å²) in [4.78, 5) is 0. The summed E-state index contributed by atoms with van der Waals surface area (Å²) in [6.07, 6.45) is 4.84. The summed E-state index contributed by atoms with van der Waals surface area (Å²) in [6, 6.07) is 0. The Hall–Kier alpha value is 0.930. The fourth-order valence-electron chi connectivity index (χ4n) is 1.13. The van der Waals surface area contributed by atoms with Crippen molar-refractivity contribution in [2.75, 3.05) is 0 Å². The molecule has 1 rings (SSSR count). The fourth-order valence-corrected chi connectivity index (χ4v) is 2.08. The monoisotopic (exact) mass is 359 g/mol. The molecule has 0 saturated heterocycles. The van der Waals surface area contributed by atoms with E-state index in [0.29, 0.717) is 0 Å². The van der Waals surface area contributed by atoms with Crippen LogP contribution >= 0.6 is 24.8 Å². The van der Waals surface area contributed by atoms with Crippen LogP contribution in [-0.2, 0) is 24.4 Å². The van der Waals surface area contributed by atoms with Crippen molar-refractivity contribution in [1.82, 2.24) is 0 Å². The van der Waals surface area contributed by atoms with Crippen LogP contribution in [0.25, 0.3) is 0 Å². The second-order valence-electron chi connectivity index (χ2n) is 2.39. The van der Waals surface area contributed by atoms with Crippen LogP contribution in [0.5, 0.6) is 0 Å². The summed E-state index contributed by atoms with van der Waals surface area (Å²) >= 11 is 1.26. The molecule has 0 fully saturated rings. The van der Waals surface area contributed by atoms with E-state index in [2.05, 4.69) is 19.9 Å².